The van der Waals surface area contributed by atoms with E-state index in [2.05, 4.69) is 9.57 Å². The number of carbonyl (C=O) groups is 1. The fourth-order valence-electron chi connectivity index (χ4n) is 0.723. The summed E-state index contributed by atoms with van der Waals surface area (Å²) in [4.78, 5) is 23.7. The van der Waals surface area contributed by atoms with Crippen LogP contribution in [-0.2, 0) is 4.84 Å². The Morgan fingerprint density at radius 2 is 2.13 bits per heavy atom. The van der Waals surface area contributed by atoms with Gasteiger partial charge in [-0.2, -0.15) is 4.84 Å². The van der Waals surface area contributed by atoms with Crippen LogP contribution < -0.4 is 4.74 Å². The van der Waals surface area contributed by atoms with Crippen molar-refractivity contribution in [2.45, 2.75) is 0 Å². The van der Waals surface area contributed by atoms with E-state index in [4.69, 9.17) is 5.11 Å². The standard InChI is InChI=1S/C7H5NO6.Pb/c9-5-2-1-3-6(4-5)13-7(10)14-8(11)12;/h1-4,9H;/q;+2. The smallest absolute Gasteiger partial charge is 0.508 e. The van der Waals surface area contributed by atoms with E-state index in [1.165, 1.54) is 18.2 Å². The van der Waals surface area contributed by atoms with Crippen LogP contribution in [0.2, 0.25) is 0 Å². The van der Waals surface area contributed by atoms with Crippen LogP contribution in [0.1, 0.15) is 0 Å². The molecule has 0 bridgehead atoms. The van der Waals surface area contributed by atoms with Gasteiger partial charge >= 0.3 is 38.5 Å². The van der Waals surface area contributed by atoms with E-state index in [1.54, 1.807) is 0 Å². The number of aromatic hydroxyl groups is 1. The molecule has 2 radical (unpaired) electrons. The molecule has 1 rings (SSSR count). The number of phenols is 1. The first-order valence-electron chi connectivity index (χ1n) is 3.41. The van der Waals surface area contributed by atoms with Crippen LogP contribution in [0.4, 0.5) is 4.79 Å². The molecule has 76 valence electrons. The third-order valence-corrected chi connectivity index (χ3v) is 1.17. The number of ether oxygens (including phenoxy) is 1. The number of nitrogens with zero attached hydrogens (tertiary/aromatic N) is 1. The van der Waals surface area contributed by atoms with Gasteiger partial charge in [-0.3, -0.25) is 0 Å². The Morgan fingerprint density at radius 1 is 1.47 bits per heavy atom. The Hall–Kier alpha value is -1.39. The van der Waals surface area contributed by atoms with E-state index in [9.17, 15) is 14.9 Å². The summed E-state index contributed by atoms with van der Waals surface area (Å²) >= 11 is 0. The quantitative estimate of drug-likeness (QED) is 0.256. The molecule has 0 saturated heterocycles. The van der Waals surface area contributed by atoms with Gasteiger partial charge in [-0.15, -0.1) is 10.1 Å². The minimum Gasteiger partial charge on any atom is -0.508 e. The first-order chi connectivity index (χ1) is 6.58. The fourth-order valence-corrected chi connectivity index (χ4v) is 0.723. The van der Waals surface area contributed by atoms with Crippen molar-refractivity contribution in [3.8, 4) is 11.5 Å². The van der Waals surface area contributed by atoms with Crippen molar-refractivity contribution in [3.05, 3.63) is 34.4 Å². The van der Waals surface area contributed by atoms with Crippen molar-refractivity contribution in [2.24, 2.45) is 0 Å². The number of carbonyl (C=O) groups excluding carboxylic acids is 1. The zero-order chi connectivity index (χ0) is 10.6. The molecule has 1 N–H and O–H groups in total. The van der Waals surface area contributed by atoms with E-state index >= 15 is 0 Å². The molecular formula is C7H5NO6Pb+2. The monoisotopic (exact) mass is 407 g/mol. The number of rotatable bonds is 2. The van der Waals surface area contributed by atoms with Crippen LogP contribution in [0.25, 0.3) is 0 Å². The number of benzene rings is 1. The topological polar surface area (TPSA) is 98.9 Å². The SMILES string of the molecule is O=C(Oc1cccc(O)c1)O[N+](=O)[O-].[Pb+2]. The molecule has 15 heavy (non-hydrogen) atoms. The van der Waals surface area contributed by atoms with Gasteiger partial charge in [0, 0.05) is 6.07 Å². The molecule has 0 aromatic heterocycles. The minimum atomic E-state index is -1.47. The van der Waals surface area contributed by atoms with E-state index in [0.717, 1.165) is 6.07 Å². The number of hydrogen-bond acceptors (Lipinski definition) is 6. The van der Waals surface area contributed by atoms with E-state index in [-0.39, 0.29) is 38.8 Å². The summed E-state index contributed by atoms with van der Waals surface area (Å²) in [5, 5.41) is 17.4. The van der Waals surface area contributed by atoms with E-state index in [0.29, 0.717) is 0 Å². The first-order valence-corrected chi connectivity index (χ1v) is 3.41. The molecule has 7 nitrogen and oxygen atoms in total. The van der Waals surface area contributed by atoms with Crippen molar-refractivity contribution in [3.63, 3.8) is 0 Å². The minimum absolute atomic E-state index is 0. The van der Waals surface area contributed by atoms with Gasteiger partial charge in [0.05, 0.1) is 0 Å². The molecule has 1 aromatic rings. The van der Waals surface area contributed by atoms with Crippen LogP contribution >= 0.6 is 0 Å². The summed E-state index contributed by atoms with van der Waals surface area (Å²) in [6, 6.07) is 5.21. The Morgan fingerprint density at radius 3 is 2.67 bits per heavy atom. The Labute approximate surface area is 104 Å². The fraction of sp³-hybridized carbons (Fsp3) is 0. The normalized spacial score (nSPS) is 8.53. The van der Waals surface area contributed by atoms with Gasteiger partial charge in [0.25, 0.3) is 0 Å². The summed E-state index contributed by atoms with van der Waals surface area (Å²) in [6.45, 7) is 0. The average Bonchev–Trinajstić information content (AvgIpc) is 2.01. The van der Waals surface area contributed by atoms with Crippen LogP contribution in [0.3, 0.4) is 0 Å². The molecule has 0 amide bonds. The van der Waals surface area contributed by atoms with Gasteiger partial charge in [0.15, 0.2) is 0 Å². The molecular weight excluding hydrogens is 401 g/mol. The van der Waals surface area contributed by atoms with Crippen molar-refractivity contribution < 1.29 is 24.6 Å². The van der Waals surface area contributed by atoms with Gasteiger partial charge in [-0.1, -0.05) is 6.07 Å². The summed E-state index contributed by atoms with van der Waals surface area (Å²) < 4.78 is 4.34. The predicted molar refractivity (Wildman–Crippen MR) is 48.0 cm³/mol. The molecule has 0 atom stereocenters. The van der Waals surface area contributed by atoms with Gasteiger partial charge < -0.3 is 9.84 Å². The Balaban J connectivity index is 0.00000196. The molecule has 0 fully saturated rings. The van der Waals surface area contributed by atoms with Crippen molar-refractivity contribution in [1.82, 2.24) is 0 Å². The Bertz CT molecular complexity index is 368. The third kappa shape index (κ3) is 5.15. The third-order valence-electron chi connectivity index (χ3n) is 1.17. The van der Waals surface area contributed by atoms with Crippen LogP contribution in [0.15, 0.2) is 24.3 Å². The van der Waals surface area contributed by atoms with Gasteiger partial charge in [0.2, 0.25) is 0 Å². The Kier molecular flexibility index (Phi) is 5.59. The largest absolute Gasteiger partial charge is 2.00 e. The van der Waals surface area contributed by atoms with E-state index < -0.39 is 11.2 Å². The summed E-state index contributed by atoms with van der Waals surface area (Å²) in [5.74, 6) is -0.173. The molecule has 0 aliphatic rings. The summed E-state index contributed by atoms with van der Waals surface area (Å²) in [6.07, 6.45) is -1.47. The zero-order valence-electron chi connectivity index (χ0n) is 7.25. The second kappa shape index (κ2) is 6.16. The molecule has 0 aliphatic heterocycles. The summed E-state index contributed by atoms with van der Waals surface area (Å²) in [5.41, 5.74) is 0. The maximum atomic E-state index is 10.6. The van der Waals surface area contributed by atoms with Gasteiger partial charge in [0.1, 0.15) is 11.5 Å². The molecule has 8 heteroatoms. The van der Waals surface area contributed by atoms with Crippen LogP contribution in [0, 0.1) is 10.1 Å². The molecule has 0 heterocycles. The predicted octanol–water partition coefficient (Wildman–Crippen LogP) is 0.718. The second-order valence-corrected chi connectivity index (χ2v) is 2.16. The van der Waals surface area contributed by atoms with Gasteiger partial charge in [-0.05, 0) is 12.1 Å². The molecule has 1 aromatic carbocycles. The average molecular weight is 406 g/mol. The molecule has 0 unspecified atom stereocenters. The van der Waals surface area contributed by atoms with Crippen molar-refractivity contribution >= 4 is 33.5 Å². The number of phenolic OH excluding ortho intramolecular Hbond substituents is 1. The molecule has 0 saturated carbocycles. The van der Waals surface area contributed by atoms with Crippen molar-refractivity contribution in [1.29, 1.82) is 0 Å². The number of hydrogen-bond donors (Lipinski definition) is 1. The zero-order valence-corrected chi connectivity index (χ0v) is 11.1. The summed E-state index contributed by atoms with van der Waals surface area (Å²) in [7, 11) is 0. The van der Waals surface area contributed by atoms with Crippen molar-refractivity contribution in [2.75, 3.05) is 0 Å². The maximum absolute atomic E-state index is 10.6. The van der Waals surface area contributed by atoms with Crippen LogP contribution in [0.5, 0.6) is 11.5 Å². The molecule has 0 spiro atoms. The maximum Gasteiger partial charge on any atom is 2.00 e. The van der Waals surface area contributed by atoms with Gasteiger partial charge in [-0.25, -0.2) is 4.79 Å². The first kappa shape index (κ1) is 13.6. The van der Waals surface area contributed by atoms with Crippen LogP contribution in [-0.4, -0.2) is 43.6 Å². The van der Waals surface area contributed by atoms with E-state index in [1.807, 2.05) is 0 Å². The molecule has 0 aliphatic carbocycles. The second-order valence-electron chi connectivity index (χ2n) is 2.16.